The summed E-state index contributed by atoms with van der Waals surface area (Å²) in [5, 5.41) is 4.53. The van der Waals surface area contributed by atoms with Crippen LogP contribution in [0.5, 0.6) is 0 Å². The second kappa shape index (κ2) is 4.71. The Kier molecular flexibility index (Phi) is 3.52. The molecule has 0 bridgehead atoms. The van der Waals surface area contributed by atoms with Gasteiger partial charge in [-0.25, -0.2) is 0 Å². The fraction of sp³-hybridized carbons (Fsp3) is 0.455. The van der Waals surface area contributed by atoms with Gasteiger partial charge in [-0.2, -0.15) is 0 Å². The highest BCUT2D eigenvalue weighted by molar-refractivity contribution is 6.42. The Hall–Kier alpha value is -0.280. The van der Waals surface area contributed by atoms with Crippen molar-refractivity contribution >= 4 is 23.2 Å². The highest BCUT2D eigenvalue weighted by atomic mass is 35.5. The molecular weight excluding hydrogens is 233 g/mol. The lowest BCUT2D eigenvalue weighted by molar-refractivity contribution is 0.00701. The number of hydrogen-bond donors (Lipinski definition) is 1. The van der Waals surface area contributed by atoms with Gasteiger partial charge in [-0.1, -0.05) is 35.3 Å². The van der Waals surface area contributed by atoms with Gasteiger partial charge in [-0.15, -0.1) is 0 Å². The van der Waals surface area contributed by atoms with Crippen molar-refractivity contribution in [2.45, 2.75) is 19.1 Å². The van der Waals surface area contributed by atoms with Crippen LogP contribution in [0.1, 0.15) is 18.6 Å². The zero-order valence-corrected chi connectivity index (χ0v) is 9.98. The van der Waals surface area contributed by atoms with Crippen molar-refractivity contribution in [3.05, 3.63) is 33.8 Å². The van der Waals surface area contributed by atoms with Crippen molar-refractivity contribution in [2.75, 3.05) is 13.2 Å². The topological polar surface area (TPSA) is 21.3 Å². The SMILES string of the molecule is CC1COC(c2cccc(Cl)c2Cl)CN1. The van der Waals surface area contributed by atoms with E-state index in [9.17, 15) is 0 Å². The van der Waals surface area contributed by atoms with E-state index in [2.05, 4.69) is 12.2 Å². The average Bonchev–Trinajstić information content (AvgIpc) is 2.24. The van der Waals surface area contributed by atoms with Crippen molar-refractivity contribution in [3.8, 4) is 0 Å². The molecule has 1 aromatic carbocycles. The van der Waals surface area contributed by atoms with Crippen LogP contribution < -0.4 is 5.32 Å². The van der Waals surface area contributed by atoms with E-state index in [1.54, 1.807) is 6.07 Å². The van der Waals surface area contributed by atoms with Crippen LogP contribution in [0.3, 0.4) is 0 Å². The molecule has 0 spiro atoms. The van der Waals surface area contributed by atoms with Crippen LogP contribution in [0.4, 0.5) is 0 Å². The average molecular weight is 246 g/mol. The molecule has 0 radical (unpaired) electrons. The first kappa shape index (κ1) is 11.2. The standard InChI is InChI=1S/C11H13Cl2NO/c1-7-6-15-10(5-14-7)8-3-2-4-9(12)11(8)13/h2-4,7,10,14H,5-6H2,1H3. The predicted octanol–water partition coefficient (Wildman–Crippen LogP) is 3.04. The Balaban J connectivity index is 2.19. The van der Waals surface area contributed by atoms with Crippen LogP contribution in [-0.2, 0) is 4.74 Å². The summed E-state index contributed by atoms with van der Waals surface area (Å²) in [5.74, 6) is 0. The molecule has 1 aliphatic rings. The first-order valence-corrected chi connectivity index (χ1v) is 5.73. The Bertz CT molecular complexity index is 348. The molecule has 0 saturated carbocycles. The Morgan fingerprint density at radius 3 is 2.87 bits per heavy atom. The summed E-state index contributed by atoms with van der Waals surface area (Å²) in [5.41, 5.74) is 0.962. The maximum absolute atomic E-state index is 6.12. The normalized spacial score (nSPS) is 26.6. The molecule has 0 aliphatic carbocycles. The first-order chi connectivity index (χ1) is 7.18. The van der Waals surface area contributed by atoms with Crippen molar-refractivity contribution in [1.29, 1.82) is 0 Å². The van der Waals surface area contributed by atoms with E-state index >= 15 is 0 Å². The molecule has 2 rings (SSSR count). The fourth-order valence-electron chi connectivity index (χ4n) is 1.66. The monoisotopic (exact) mass is 245 g/mol. The number of benzene rings is 1. The Morgan fingerprint density at radius 1 is 1.40 bits per heavy atom. The Morgan fingerprint density at radius 2 is 2.20 bits per heavy atom. The maximum atomic E-state index is 6.12. The Labute approximate surface area is 99.5 Å². The molecule has 1 saturated heterocycles. The molecule has 1 N–H and O–H groups in total. The van der Waals surface area contributed by atoms with Gasteiger partial charge in [0.15, 0.2) is 0 Å². The van der Waals surface area contributed by atoms with Crippen molar-refractivity contribution in [2.24, 2.45) is 0 Å². The summed E-state index contributed by atoms with van der Waals surface area (Å²) >= 11 is 12.1. The molecule has 15 heavy (non-hydrogen) atoms. The van der Waals surface area contributed by atoms with Gasteiger partial charge < -0.3 is 10.1 Å². The van der Waals surface area contributed by atoms with E-state index in [-0.39, 0.29) is 6.10 Å². The molecule has 2 atom stereocenters. The lowest BCUT2D eigenvalue weighted by Gasteiger charge is -2.29. The highest BCUT2D eigenvalue weighted by Crippen LogP contribution is 2.32. The lowest BCUT2D eigenvalue weighted by atomic mass is 10.1. The van der Waals surface area contributed by atoms with Crippen molar-refractivity contribution < 1.29 is 4.74 Å². The van der Waals surface area contributed by atoms with Crippen molar-refractivity contribution in [1.82, 2.24) is 5.32 Å². The van der Waals surface area contributed by atoms with Crippen LogP contribution in [0.15, 0.2) is 18.2 Å². The molecule has 2 unspecified atom stereocenters. The molecule has 0 amide bonds. The fourth-order valence-corrected chi connectivity index (χ4v) is 2.08. The van der Waals surface area contributed by atoms with Crippen LogP contribution in [-0.4, -0.2) is 19.2 Å². The second-order valence-corrected chi connectivity index (χ2v) is 4.56. The van der Waals surface area contributed by atoms with E-state index in [1.165, 1.54) is 0 Å². The molecule has 1 heterocycles. The summed E-state index contributed by atoms with van der Waals surface area (Å²) in [6.45, 7) is 3.57. The van der Waals surface area contributed by atoms with Gasteiger partial charge in [-0.05, 0) is 13.0 Å². The predicted molar refractivity (Wildman–Crippen MR) is 62.6 cm³/mol. The third-order valence-corrected chi connectivity index (χ3v) is 3.36. The summed E-state index contributed by atoms with van der Waals surface area (Å²) in [7, 11) is 0. The molecule has 0 aromatic heterocycles. The first-order valence-electron chi connectivity index (χ1n) is 4.97. The van der Waals surface area contributed by atoms with E-state index in [0.29, 0.717) is 22.7 Å². The van der Waals surface area contributed by atoms with Gasteiger partial charge in [0.1, 0.15) is 0 Å². The summed E-state index contributed by atoms with van der Waals surface area (Å²) in [6, 6.07) is 6.03. The molecule has 4 heteroatoms. The van der Waals surface area contributed by atoms with Gasteiger partial charge in [0.05, 0.1) is 22.8 Å². The van der Waals surface area contributed by atoms with E-state index in [4.69, 9.17) is 27.9 Å². The largest absolute Gasteiger partial charge is 0.371 e. The summed E-state index contributed by atoms with van der Waals surface area (Å²) in [6.07, 6.45) is 0.00685. The summed E-state index contributed by atoms with van der Waals surface area (Å²) < 4.78 is 5.71. The molecule has 82 valence electrons. The third-order valence-electron chi connectivity index (χ3n) is 2.53. The van der Waals surface area contributed by atoms with Gasteiger partial charge in [0, 0.05) is 18.2 Å². The van der Waals surface area contributed by atoms with Crippen LogP contribution in [0.2, 0.25) is 10.0 Å². The summed E-state index contributed by atoms with van der Waals surface area (Å²) in [4.78, 5) is 0. The van der Waals surface area contributed by atoms with E-state index in [1.807, 2.05) is 12.1 Å². The molecule has 1 fully saturated rings. The van der Waals surface area contributed by atoms with Gasteiger partial charge in [-0.3, -0.25) is 0 Å². The number of hydrogen-bond acceptors (Lipinski definition) is 2. The second-order valence-electron chi connectivity index (χ2n) is 3.77. The number of halogens is 2. The molecule has 2 nitrogen and oxygen atoms in total. The number of rotatable bonds is 1. The van der Waals surface area contributed by atoms with E-state index < -0.39 is 0 Å². The van der Waals surface area contributed by atoms with Crippen LogP contribution >= 0.6 is 23.2 Å². The third kappa shape index (κ3) is 2.45. The molecule has 1 aromatic rings. The quantitative estimate of drug-likeness (QED) is 0.822. The van der Waals surface area contributed by atoms with Gasteiger partial charge >= 0.3 is 0 Å². The smallest absolute Gasteiger partial charge is 0.0964 e. The van der Waals surface area contributed by atoms with Gasteiger partial charge in [0.25, 0.3) is 0 Å². The molecular formula is C11H13Cl2NO. The highest BCUT2D eigenvalue weighted by Gasteiger charge is 2.22. The van der Waals surface area contributed by atoms with E-state index in [0.717, 1.165) is 12.1 Å². The number of nitrogens with one attached hydrogen (secondary N) is 1. The lowest BCUT2D eigenvalue weighted by Crippen LogP contribution is -2.40. The minimum absolute atomic E-state index is 0.00685. The van der Waals surface area contributed by atoms with Crippen LogP contribution in [0.25, 0.3) is 0 Å². The minimum atomic E-state index is 0.00685. The number of morpholine rings is 1. The van der Waals surface area contributed by atoms with Gasteiger partial charge in [0.2, 0.25) is 0 Å². The molecule has 1 aliphatic heterocycles. The van der Waals surface area contributed by atoms with Crippen molar-refractivity contribution in [3.63, 3.8) is 0 Å². The zero-order valence-electron chi connectivity index (χ0n) is 8.47. The zero-order chi connectivity index (χ0) is 10.8. The number of ether oxygens (including phenoxy) is 1. The maximum Gasteiger partial charge on any atom is 0.0964 e. The van der Waals surface area contributed by atoms with Crippen LogP contribution in [0, 0.1) is 0 Å². The minimum Gasteiger partial charge on any atom is -0.371 e.